The van der Waals surface area contributed by atoms with Crippen LogP contribution in [-0.2, 0) is 4.79 Å². The van der Waals surface area contributed by atoms with Crippen LogP contribution in [0.1, 0.15) is 20.8 Å². The summed E-state index contributed by atoms with van der Waals surface area (Å²) in [7, 11) is 0. The second kappa shape index (κ2) is 3.91. The van der Waals surface area contributed by atoms with Crippen molar-refractivity contribution >= 4 is 5.78 Å². The van der Waals surface area contributed by atoms with Gasteiger partial charge in [-0.3, -0.25) is 4.79 Å². The molecule has 0 saturated carbocycles. The molecule has 0 radical (unpaired) electrons. The van der Waals surface area contributed by atoms with Gasteiger partial charge < -0.3 is 0 Å². The number of carbonyl (C=O) groups excluding carboxylic acids is 1. The Labute approximate surface area is 68.1 Å². The molecule has 0 amide bonds. The first kappa shape index (κ1) is 9.89. The molecule has 0 saturated heterocycles. The number of hydrogen-bond acceptors (Lipinski definition) is 1. The van der Waals surface area contributed by atoms with Crippen LogP contribution in [0, 0.1) is 0 Å². The van der Waals surface area contributed by atoms with Gasteiger partial charge in [0.2, 0.25) is 0 Å². The molecule has 0 aromatic carbocycles. The van der Waals surface area contributed by atoms with E-state index < -0.39 is 0 Å². The van der Waals surface area contributed by atoms with E-state index in [4.69, 9.17) is 0 Å². The molecule has 1 nitrogen and oxygen atoms in total. The van der Waals surface area contributed by atoms with Crippen LogP contribution in [0.4, 0.5) is 0 Å². The lowest BCUT2D eigenvalue weighted by molar-refractivity contribution is -0.113. The molecule has 0 spiro atoms. The van der Waals surface area contributed by atoms with Gasteiger partial charge in [0.25, 0.3) is 0 Å². The fourth-order valence-electron chi connectivity index (χ4n) is 0.486. The molecule has 0 N–H and O–H groups in total. The summed E-state index contributed by atoms with van der Waals surface area (Å²) < 4.78 is 0. The average Bonchev–Trinajstić information content (AvgIpc) is 1.87. The number of Topliss-reactive ketones (excluding diaryl/α,β-unsaturated/α-hetero) is 1. The monoisotopic (exact) mass is 150 g/mol. The normalized spacial score (nSPS) is 11.0. The molecule has 0 aliphatic heterocycles. The Hall–Kier alpha value is -1.11. The Morgan fingerprint density at radius 1 is 1.18 bits per heavy atom. The maximum atomic E-state index is 10.8. The van der Waals surface area contributed by atoms with Crippen LogP contribution in [0.15, 0.2) is 36.0 Å². The highest BCUT2D eigenvalue weighted by Crippen LogP contribution is 2.08. The zero-order chi connectivity index (χ0) is 9.02. The van der Waals surface area contributed by atoms with E-state index in [1.165, 1.54) is 6.92 Å². The van der Waals surface area contributed by atoms with Crippen molar-refractivity contribution in [1.82, 2.24) is 0 Å². The zero-order valence-corrected chi connectivity index (χ0v) is 7.40. The summed E-state index contributed by atoms with van der Waals surface area (Å²) in [6.45, 7) is 12.6. The van der Waals surface area contributed by atoms with Gasteiger partial charge in [0, 0.05) is 0 Å². The molecule has 0 unspecified atom stereocenters. The Balaban J connectivity index is 4.44. The smallest absolute Gasteiger partial charge is 0.155 e. The number of ketones is 1. The van der Waals surface area contributed by atoms with Crippen molar-refractivity contribution in [2.24, 2.45) is 0 Å². The third-order valence-electron chi connectivity index (χ3n) is 1.49. The summed E-state index contributed by atoms with van der Waals surface area (Å²) in [6.07, 6.45) is 1.75. The van der Waals surface area contributed by atoms with Crippen molar-refractivity contribution in [3.63, 3.8) is 0 Å². The maximum absolute atomic E-state index is 10.8. The predicted octanol–water partition coefficient (Wildman–Crippen LogP) is 2.65. The molecule has 11 heavy (non-hydrogen) atoms. The molecular weight excluding hydrogens is 136 g/mol. The quantitative estimate of drug-likeness (QED) is 0.446. The topological polar surface area (TPSA) is 17.1 Å². The molecule has 0 aromatic rings. The summed E-state index contributed by atoms with van der Waals surface area (Å²) in [4.78, 5) is 10.8. The SMILES string of the molecule is C=C(C)C(=C)/C=C(\C)C(C)=O. The summed E-state index contributed by atoms with van der Waals surface area (Å²) in [5.41, 5.74) is 2.43. The van der Waals surface area contributed by atoms with Gasteiger partial charge in [-0.2, -0.15) is 0 Å². The van der Waals surface area contributed by atoms with Gasteiger partial charge in [0.15, 0.2) is 5.78 Å². The fraction of sp³-hybridized carbons (Fsp3) is 0.300. The molecule has 0 fully saturated rings. The van der Waals surface area contributed by atoms with Crippen LogP contribution in [0.5, 0.6) is 0 Å². The van der Waals surface area contributed by atoms with Crippen LogP contribution < -0.4 is 0 Å². The van der Waals surface area contributed by atoms with Crippen LogP contribution >= 0.6 is 0 Å². The third-order valence-corrected chi connectivity index (χ3v) is 1.49. The molecule has 0 aliphatic rings. The lowest BCUT2D eigenvalue weighted by atomic mass is 10.1. The first-order valence-corrected chi connectivity index (χ1v) is 3.49. The highest BCUT2D eigenvalue weighted by molar-refractivity contribution is 5.93. The minimum atomic E-state index is 0.0763. The van der Waals surface area contributed by atoms with E-state index in [2.05, 4.69) is 13.2 Å². The number of allylic oxidation sites excluding steroid dienone is 4. The van der Waals surface area contributed by atoms with Crippen LogP contribution in [-0.4, -0.2) is 5.78 Å². The summed E-state index contributed by atoms with van der Waals surface area (Å²) in [5.74, 6) is 0.0763. The Bertz CT molecular complexity index is 231. The largest absolute Gasteiger partial charge is 0.295 e. The van der Waals surface area contributed by atoms with Gasteiger partial charge in [0.1, 0.15) is 0 Å². The standard InChI is InChI=1S/C10H14O/c1-7(2)8(3)6-9(4)10(5)11/h6H,1,3H2,2,4-5H3/b9-6+. The second-order valence-electron chi connectivity index (χ2n) is 2.69. The van der Waals surface area contributed by atoms with Gasteiger partial charge >= 0.3 is 0 Å². The van der Waals surface area contributed by atoms with E-state index in [1.54, 1.807) is 13.0 Å². The molecule has 0 bridgehead atoms. The Morgan fingerprint density at radius 2 is 1.64 bits per heavy atom. The molecular formula is C10H14O. The minimum absolute atomic E-state index is 0.0763. The number of carbonyl (C=O) groups is 1. The van der Waals surface area contributed by atoms with Gasteiger partial charge in [-0.05, 0) is 38.0 Å². The van der Waals surface area contributed by atoms with Crippen molar-refractivity contribution in [1.29, 1.82) is 0 Å². The van der Waals surface area contributed by atoms with Crippen LogP contribution in [0.3, 0.4) is 0 Å². The highest BCUT2D eigenvalue weighted by atomic mass is 16.1. The van der Waals surface area contributed by atoms with Crippen LogP contribution in [0.2, 0.25) is 0 Å². The van der Waals surface area contributed by atoms with Gasteiger partial charge in [0.05, 0.1) is 0 Å². The van der Waals surface area contributed by atoms with Gasteiger partial charge in [-0.25, -0.2) is 0 Å². The molecule has 1 heteroatoms. The highest BCUT2D eigenvalue weighted by Gasteiger charge is 1.96. The van der Waals surface area contributed by atoms with Crippen molar-refractivity contribution in [2.45, 2.75) is 20.8 Å². The molecule has 0 rings (SSSR count). The zero-order valence-electron chi connectivity index (χ0n) is 7.40. The lowest BCUT2D eigenvalue weighted by Gasteiger charge is -1.98. The molecule has 0 aliphatic carbocycles. The van der Waals surface area contributed by atoms with Crippen molar-refractivity contribution < 1.29 is 4.79 Å². The first-order valence-electron chi connectivity index (χ1n) is 3.49. The van der Waals surface area contributed by atoms with Crippen molar-refractivity contribution in [3.05, 3.63) is 36.0 Å². The third kappa shape index (κ3) is 3.56. The maximum Gasteiger partial charge on any atom is 0.155 e. The van der Waals surface area contributed by atoms with E-state index in [0.717, 1.165) is 16.7 Å². The van der Waals surface area contributed by atoms with Gasteiger partial charge in [-0.15, -0.1) is 0 Å². The van der Waals surface area contributed by atoms with E-state index >= 15 is 0 Å². The summed E-state index contributed by atoms with van der Waals surface area (Å²) >= 11 is 0. The number of hydrogen-bond donors (Lipinski definition) is 0. The number of rotatable bonds is 3. The molecule has 0 heterocycles. The minimum Gasteiger partial charge on any atom is -0.295 e. The summed E-state index contributed by atoms with van der Waals surface area (Å²) in [6, 6.07) is 0. The van der Waals surface area contributed by atoms with Crippen molar-refractivity contribution in [2.75, 3.05) is 0 Å². The molecule has 0 aromatic heterocycles. The van der Waals surface area contributed by atoms with Gasteiger partial charge in [-0.1, -0.05) is 18.7 Å². The van der Waals surface area contributed by atoms with Crippen LogP contribution in [0.25, 0.3) is 0 Å². The average molecular weight is 150 g/mol. The Kier molecular flexibility index (Phi) is 3.52. The second-order valence-corrected chi connectivity index (χ2v) is 2.69. The van der Waals surface area contributed by atoms with E-state index in [-0.39, 0.29) is 5.78 Å². The van der Waals surface area contributed by atoms with E-state index in [1.807, 2.05) is 6.92 Å². The lowest BCUT2D eigenvalue weighted by Crippen LogP contribution is -1.91. The molecule has 0 atom stereocenters. The summed E-state index contributed by atoms with van der Waals surface area (Å²) in [5, 5.41) is 0. The predicted molar refractivity (Wildman–Crippen MR) is 48.4 cm³/mol. The molecule has 60 valence electrons. The van der Waals surface area contributed by atoms with E-state index in [0.29, 0.717) is 0 Å². The van der Waals surface area contributed by atoms with Crippen molar-refractivity contribution in [3.8, 4) is 0 Å². The fourth-order valence-corrected chi connectivity index (χ4v) is 0.486. The van der Waals surface area contributed by atoms with E-state index in [9.17, 15) is 4.79 Å². The Morgan fingerprint density at radius 3 is 1.91 bits per heavy atom. The first-order chi connectivity index (χ1) is 4.95.